The van der Waals surface area contributed by atoms with Crippen LogP contribution in [0.5, 0.6) is 0 Å². The smallest absolute Gasteiger partial charge is 0.117 e. The predicted octanol–water partition coefficient (Wildman–Crippen LogP) is 0.421. The summed E-state index contributed by atoms with van der Waals surface area (Å²) < 4.78 is 5.24. The van der Waals surface area contributed by atoms with Crippen molar-refractivity contribution in [2.45, 2.75) is 19.5 Å². The van der Waals surface area contributed by atoms with Gasteiger partial charge in [0.25, 0.3) is 0 Å². The summed E-state index contributed by atoms with van der Waals surface area (Å²) in [5, 5.41) is 9.10. The molecule has 1 heterocycles. The number of furan rings is 1. The summed E-state index contributed by atoms with van der Waals surface area (Å²) in [4.78, 5) is 2.10. The average Bonchev–Trinajstić information content (AvgIpc) is 2.70. The van der Waals surface area contributed by atoms with E-state index in [2.05, 4.69) is 4.90 Å². The van der Waals surface area contributed by atoms with Crippen LogP contribution in [0.2, 0.25) is 0 Å². The summed E-state index contributed by atoms with van der Waals surface area (Å²) in [7, 11) is 0. The highest BCUT2D eigenvalue weighted by Gasteiger charge is 2.15. The van der Waals surface area contributed by atoms with E-state index in [-0.39, 0.29) is 12.6 Å². The molecule has 0 radical (unpaired) electrons. The van der Waals surface area contributed by atoms with E-state index < -0.39 is 0 Å². The number of hydrogen-bond acceptors (Lipinski definition) is 4. The summed E-state index contributed by atoms with van der Waals surface area (Å²) in [6.45, 7) is 4.15. The van der Waals surface area contributed by atoms with Crippen LogP contribution in [-0.2, 0) is 6.54 Å². The lowest BCUT2D eigenvalue weighted by atomic mass is 10.2. The molecule has 1 unspecified atom stereocenters. The molecule has 0 aliphatic carbocycles. The minimum atomic E-state index is 0.0186. The fourth-order valence-corrected chi connectivity index (χ4v) is 1.44. The van der Waals surface area contributed by atoms with E-state index in [4.69, 9.17) is 15.3 Å². The quantitative estimate of drug-likeness (QED) is 0.695. The molecule has 4 nitrogen and oxygen atoms in total. The molecular weight excluding hydrogens is 180 g/mol. The van der Waals surface area contributed by atoms with E-state index in [1.54, 1.807) is 6.26 Å². The molecule has 1 aromatic heterocycles. The highest BCUT2D eigenvalue weighted by Crippen LogP contribution is 2.07. The first kappa shape index (κ1) is 11.2. The zero-order valence-corrected chi connectivity index (χ0v) is 8.52. The molecule has 0 spiro atoms. The molecule has 0 aliphatic heterocycles. The molecule has 0 amide bonds. The van der Waals surface area contributed by atoms with Gasteiger partial charge in [-0.3, -0.25) is 4.90 Å². The van der Waals surface area contributed by atoms with E-state index in [0.29, 0.717) is 13.1 Å². The monoisotopic (exact) mass is 198 g/mol. The van der Waals surface area contributed by atoms with E-state index in [1.807, 2.05) is 19.1 Å². The van der Waals surface area contributed by atoms with Gasteiger partial charge in [0.2, 0.25) is 0 Å². The first-order valence-electron chi connectivity index (χ1n) is 4.89. The van der Waals surface area contributed by atoms with Crippen molar-refractivity contribution < 1.29 is 9.52 Å². The molecule has 0 bridgehead atoms. The van der Waals surface area contributed by atoms with Crippen molar-refractivity contribution in [1.82, 2.24) is 4.90 Å². The Balaban J connectivity index is 2.53. The summed E-state index contributed by atoms with van der Waals surface area (Å²) >= 11 is 0. The molecule has 0 saturated carbocycles. The molecule has 0 aromatic carbocycles. The first-order chi connectivity index (χ1) is 6.81. The number of likely N-dealkylation sites (N-methyl/N-ethyl adjacent to an activating group) is 1. The van der Waals surface area contributed by atoms with Gasteiger partial charge in [-0.25, -0.2) is 0 Å². The van der Waals surface area contributed by atoms with Crippen LogP contribution in [0.25, 0.3) is 0 Å². The van der Waals surface area contributed by atoms with Crippen LogP contribution >= 0.6 is 0 Å². The zero-order chi connectivity index (χ0) is 10.4. The predicted molar refractivity (Wildman–Crippen MR) is 54.7 cm³/mol. The summed E-state index contributed by atoms with van der Waals surface area (Å²) in [5.41, 5.74) is 5.56. The molecule has 14 heavy (non-hydrogen) atoms. The van der Waals surface area contributed by atoms with E-state index in [9.17, 15) is 0 Å². The van der Waals surface area contributed by atoms with Crippen molar-refractivity contribution in [2.75, 3.05) is 19.7 Å². The second-order valence-corrected chi connectivity index (χ2v) is 3.21. The van der Waals surface area contributed by atoms with Crippen LogP contribution < -0.4 is 5.73 Å². The van der Waals surface area contributed by atoms with Crippen LogP contribution in [0.1, 0.15) is 12.7 Å². The fraction of sp³-hybridized carbons (Fsp3) is 0.600. The van der Waals surface area contributed by atoms with Crippen LogP contribution in [0.3, 0.4) is 0 Å². The van der Waals surface area contributed by atoms with Gasteiger partial charge in [-0.2, -0.15) is 0 Å². The highest BCUT2D eigenvalue weighted by molar-refractivity contribution is 4.98. The van der Waals surface area contributed by atoms with Crippen LogP contribution in [-0.4, -0.2) is 35.7 Å². The Morgan fingerprint density at radius 2 is 2.43 bits per heavy atom. The third-order valence-corrected chi connectivity index (χ3v) is 2.34. The van der Waals surface area contributed by atoms with Gasteiger partial charge < -0.3 is 15.3 Å². The summed E-state index contributed by atoms with van der Waals surface area (Å²) in [5.74, 6) is 0.902. The van der Waals surface area contributed by atoms with Gasteiger partial charge in [-0.05, 0) is 18.7 Å². The Morgan fingerprint density at radius 1 is 1.64 bits per heavy atom. The van der Waals surface area contributed by atoms with Gasteiger partial charge in [-0.1, -0.05) is 6.92 Å². The molecule has 4 heteroatoms. The van der Waals surface area contributed by atoms with Crippen molar-refractivity contribution in [3.8, 4) is 0 Å². The Labute approximate surface area is 84.3 Å². The van der Waals surface area contributed by atoms with Gasteiger partial charge in [0.05, 0.1) is 19.4 Å². The van der Waals surface area contributed by atoms with Crippen molar-refractivity contribution in [2.24, 2.45) is 5.73 Å². The standard InChI is InChI=1S/C10H18N2O2/c1-2-12(9(6-11)8-13)7-10-4-3-5-14-10/h3-5,9,13H,2,6-8,11H2,1H3. The van der Waals surface area contributed by atoms with Crippen LogP contribution in [0.4, 0.5) is 0 Å². The van der Waals surface area contributed by atoms with Crippen molar-refractivity contribution in [1.29, 1.82) is 0 Å². The first-order valence-corrected chi connectivity index (χ1v) is 4.89. The van der Waals surface area contributed by atoms with Crippen molar-refractivity contribution >= 4 is 0 Å². The van der Waals surface area contributed by atoms with Crippen LogP contribution in [0, 0.1) is 0 Å². The Kier molecular flexibility index (Phi) is 4.65. The maximum absolute atomic E-state index is 9.10. The Bertz CT molecular complexity index is 232. The summed E-state index contributed by atoms with van der Waals surface area (Å²) in [6.07, 6.45) is 1.65. The van der Waals surface area contributed by atoms with Gasteiger partial charge >= 0.3 is 0 Å². The number of hydrogen-bond donors (Lipinski definition) is 2. The average molecular weight is 198 g/mol. The van der Waals surface area contributed by atoms with Gasteiger partial charge in [-0.15, -0.1) is 0 Å². The largest absolute Gasteiger partial charge is 0.468 e. The highest BCUT2D eigenvalue weighted by atomic mass is 16.3. The molecule has 1 rings (SSSR count). The third kappa shape index (κ3) is 2.83. The molecule has 0 aliphatic rings. The molecule has 1 atom stereocenters. The topological polar surface area (TPSA) is 62.6 Å². The Hall–Kier alpha value is -0.840. The van der Waals surface area contributed by atoms with Gasteiger partial charge in [0, 0.05) is 12.6 Å². The second-order valence-electron chi connectivity index (χ2n) is 3.21. The van der Waals surface area contributed by atoms with E-state index >= 15 is 0 Å². The fourth-order valence-electron chi connectivity index (χ4n) is 1.44. The molecular formula is C10H18N2O2. The number of nitrogens with zero attached hydrogens (tertiary/aromatic N) is 1. The van der Waals surface area contributed by atoms with Gasteiger partial charge in [0.15, 0.2) is 0 Å². The normalized spacial score (nSPS) is 13.4. The SMILES string of the molecule is CCN(Cc1ccco1)C(CN)CO. The van der Waals surface area contributed by atoms with Crippen LogP contribution in [0.15, 0.2) is 22.8 Å². The van der Waals surface area contributed by atoms with Crippen molar-refractivity contribution in [3.63, 3.8) is 0 Å². The molecule has 80 valence electrons. The van der Waals surface area contributed by atoms with Crippen molar-refractivity contribution in [3.05, 3.63) is 24.2 Å². The number of rotatable bonds is 6. The number of aliphatic hydroxyl groups excluding tert-OH is 1. The summed E-state index contributed by atoms with van der Waals surface area (Å²) in [6, 6.07) is 3.80. The number of aliphatic hydroxyl groups is 1. The van der Waals surface area contributed by atoms with E-state index in [1.165, 1.54) is 0 Å². The lowest BCUT2D eigenvalue weighted by Gasteiger charge is -2.27. The zero-order valence-electron chi connectivity index (χ0n) is 8.52. The van der Waals surface area contributed by atoms with E-state index in [0.717, 1.165) is 12.3 Å². The maximum Gasteiger partial charge on any atom is 0.117 e. The third-order valence-electron chi connectivity index (χ3n) is 2.34. The molecule has 3 N–H and O–H groups in total. The molecule has 0 saturated heterocycles. The number of nitrogens with two attached hydrogens (primary N) is 1. The maximum atomic E-state index is 9.10. The minimum Gasteiger partial charge on any atom is -0.468 e. The second kappa shape index (κ2) is 5.80. The van der Waals surface area contributed by atoms with Gasteiger partial charge in [0.1, 0.15) is 5.76 Å². The lowest BCUT2D eigenvalue weighted by Crippen LogP contribution is -2.42. The minimum absolute atomic E-state index is 0.0186. The Morgan fingerprint density at radius 3 is 2.86 bits per heavy atom. The molecule has 1 aromatic rings. The lowest BCUT2D eigenvalue weighted by molar-refractivity contribution is 0.120. The molecule has 0 fully saturated rings.